The Morgan fingerprint density at radius 3 is 3.09 bits per heavy atom. The third-order valence-corrected chi connectivity index (χ3v) is 1.15. The zero-order chi connectivity index (χ0) is 8.27. The summed E-state index contributed by atoms with van der Waals surface area (Å²) in [4.78, 5) is 11.0. The predicted octanol–water partition coefficient (Wildman–Crippen LogP) is 0.0429. The summed E-state index contributed by atoms with van der Waals surface area (Å²) < 4.78 is 1.17. The fraction of sp³-hybridized carbons (Fsp3) is 0.333. The van der Waals surface area contributed by atoms with E-state index in [1.54, 1.807) is 6.07 Å². The SMILES string of the molecule is CCNC(=O)n1ccc(N)n1. The Hall–Kier alpha value is -1.52. The molecule has 1 heterocycles. The van der Waals surface area contributed by atoms with Crippen LogP contribution in [0.4, 0.5) is 10.6 Å². The molecule has 0 bridgehead atoms. The van der Waals surface area contributed by atoms with Crippen LogP contribution in [0.5, 0.6) is 0 Å². The van der Waals surface area contributed by atoms with Gasteiger partial charge in [-0.2, -0.15) is 4.68 Å². The van der Waals surface area contributed by atoms with E-state index in [4.69, 9.17) is 5.73 Å². The molecule has 0 unspecified atom stereocenters. The number of nitrogens with two attached hydrogens (primary N) is 1. The second-order valence-corrected chi connectivity index (χ2v) is 2.02. The van der Waals surface area contributed by atoms with E-state index in [2.05, 4.69) is 10.4 Å². The normalized spacial score (nSPS) is 9.55. The summed E-state index contributed by atoms with van der Waals surface area (Å²) in [6, 6.07) is 1.30. The van der Waals surface area contributed by atoms with E-state index in [1.807, 2.05) is 6.92 Å². The number of hydrogen-bond donors (Lipinski definition) is 2. The number of carbonyl (C=O) groups is 1. The number of nitrogens with zero attached hydrogens (tertiary/aromatic N) is 2. The zero-order valence-electron chi connectivity index (χ0n) is 6.24. The molecule has 0 aliphatic rings. The summed E-state index contributed by atoms with van der Waals surface area (Å²) in [5, 5.41) is 6.29. The minimum atomic E-state index is -0.260. The van der Waals surface area contributed by atoms with Gasteiger partial charge in [-0.05, 0) is 6.92 Å². The molecule has 0 saturated heterocycles. The molecule has 0 fully saturated rings. The minimum absolute atomic E-state index is 0.260. The van der Waals surface area contributed by atoms with Gasteiger partial charge in [-0.3, -0.25) is 0 Å². The number of carbonyl (C=O) groups excluding carboxylic acids is 1. The summed E-state index contributed by atoms with van der Waals surface area (Å²) in [7, 11) is 0. The third-order valence-electron chi connectivity index (χ3n) is 1.15. The monoisotopic (exact) mass is 154 g/mol. The Balaban J connectivity index is 2.69. The van der Waals surface area contributed by atoms with E-state index < -0.39 is 0 Å². The topological polar surface area (TPSA) is 72.9 Å². The van der Waals surface area contributed by atoms with Crippen LogP contribution >= 0.6 is 0 Å². The smallest absolute Gasteiger partial charge is 0.342 e. The van der Waals surface area contributed by atoms with Gasteiger partial charge in [0.05, 0.1) is 0 Å². The van der Waals surface area contributed by atoms with Crippen molar-refractivity contribution in [3.05, 3.63) is 12.3 Å². The van der Waals surface area contributed by atoms with E-state index in [0.717, 1.165) is 0 Å². The molecule has 5 nitrogen and oxygen atoms in total. The van der Waals surface area contributed by atoms with Gasteiger partial charge in [0.2, 0.25) is 0 Å². The van der Waals surface area contributed by atoms with Crippen molar-refractivity contribution in [3.63, 3.8) is 0 Å². The van der Waals surface area contributed by atoms with E-state index in [1.165, 1.54) is 10.9 Å². The number of nitrogens with one attached hydrogen (secondary N) is 1. The highest BCUT2D eigenvalue weighted by Gasteiger charge is 2.01. The number of anilines is 1. The fourth-order valence-corrected chi connectivity index (χ4v) is 0.683. The molecule has 0 radical (unpaired) electrons. The van der Waals surface area contributed by atoms with Crippen molar-refractivity contribution >= 4 is 11.8 Å². The van der Waals surface area contributed by atoms with Crippen LogP contribution in [0.15, 0.2) is 12.3 Å². The molecule has 0 spiro atoms. The lowest BCUT2D eigenvalue weighted by atomic mass is 10.7. The molecule has 1 amide bonds. The van der Waals surface area contributed by atoms with Crippen molar-refractivity contribution in [2.75, 3.05) is 12.3 Å². The molecule has 0 atom stereocenters. The quantitative estimate of drug-likeness (QED) is 0.600. The van der Waals surface area contributed by atoms with Gasteiger partial charge in [-0.25, -0.2) is 4.79 Å². The van der Waals surface area contributed by atoms with Crippen molar-refractivity contribution in [2.24, 2.45) is 0 Å². The van der Waals surface area contributed by atoms with Gasteiger partial charge in [0.25, 0.3) is 0 Å². The van der Waals surface area contributed by atoms with Gasteiger partial charge in [-0.15, -0.1) is 5.10 Å². The van der Waals surface area contributed by atoms with Crippen molar-refractivity contribution in [3.8, 4) is 0 Å². The van der Waals surface area contributed by atoms with Crippen LogP contribution in [0.2, 0.25) is 0 Å². The minimum Gasteiger partial charge on any atom is -0.382 e. The average molecular weight is 154 g/mol. The van der Waals surface area contributed by atoms with Gasteiger partial charge in [0.1, 0.15) is 5.82 Å². The first-order valence-corrected chi connectivity index (χ1v) is 3.33. The Labute approximate surface area is 64.2 Å². The van der Waals surface area contributed by atoms with E-state index in [9.17, 15) is 4.79 Å². The highest BCUT2D eigenvalue weighted by Crippen LogP contribution is 1.94. The molecule has 5 heteroatoms. The van der Waals surface area contributed by atoms with Crippen LogP contribution in [0.25, 0.3) is 0 Å². The Kier molecular flexibility index (Phi) is 2.10. The highest BCUT2D eigenvalue weighted by atomic mass is 16.2. The number of rotatable bonds is 1. The number of aromatic nitrogens is 2. The van der Waals surface area contributed by atoms with Crippen LogP contribution < -0.4 is 11.1 Å². The van der Waals surface area contributed by atoms with E-state index in [-0.39, 0.29) is 6.03 Å². The summed E-state index contributed by atoms with van der Waals surface area (Å²) in [6.45, 7) is 2.42. The number of hydrogen-bond acceptors (Lipinski definition) is 3. The van der Waals surface area contributed by atoms with Gasteiger partial charge in [0.15, 0.2) is 0 Å². The zero-order valence-corrected chi connectivity index (χ0v) is 6.24. The lowest BCUT2D eigenvalue weighted by molar-refractivity contribution is 0.240. The molecule has 1 aromatic rings. The average Bonchev–Trinajstić information content (AvgIpc) is 2.36. The van der Waals surface area contributed by atoms with Gasteiger partial charge >= 0.3 is 6.03 Å². The van der Waals surface area contributed by atoms with Crippen LogP contribution in [0, 0.1) is 0 Å². The van der Waals surface area contributed by atoms with Crippen molar-refractivity contribution in [1.82, 2.24) is 15.1 Å². The second-order valence-electron chi connectivity index (χ2n) is 2.02. The lowest BCUT2D eigenvalue weighted by Gasteiger charge is -1.98. The van der Waals surface area contributed by atoms with Gasteiger partial charge < -0.3 is 11.1 Å². The van der Waals surface area contributed by atoms with Crippen molar-refractivity contribution < 1.29 is 4.79 Å². The lowest BCUT2D eigenvalue weighted by Crippen LogP contribution is -2.28. The van der Waals surface area contributed by atoms with E-state index >= 15 is 0 Å². The van der Waals surface area contributed by atoms with E-state index in [0.29, 0.717) is 12.4 Å². The molecule has 0 aromatic carbocycles. The molecule has 1 rings (SSSR count). The Morgan fingerprint density at radius 2 is 2.64 bits per heavy atom. The standard InChI is InChI=1S/C6H10N4O/c1-2-8-6(11)10-4-3-5(7)9-10/h3-4H,2H2,1H3,(H2,7,9)(H,8,11). The maximum Gasteiger partial charge on any atom is 0.342 e. The summed E-state index contributed by atoms with van der Waals surface area (Å²) >= 11 is 0. The maximum absolute atomic E-state index is 11.0. The van der Waals surface area contributed by atoms with Crippen LogP contribution in [0.3, 0.4) is 0 Å². The predicted molar refractivity (Wildman–Crippen MR) is 41.1 cm³/mol. The summed E-state index contributed by atoms with van der Waals surface area (Å²) in [5.74, 6) is 0.344. The van der Waals surface area contributed by atoms with Crippen LogP contribution in [-0.4, -0.2) is 22.4 Å². The first-order valence-electron chi connectivity index (χ1n) is 3.33. The molecule has 11 heavy (non-hydrogen) atoms. The molecule has 0 saturated carbocycles. The van der Waals surface area contributed by atoms with Crippen LogP contribution in [-0.2, 0) is 0 Å². The van der Waals surface area contributed by atoms with Crippen LogP contribution in [0.1, 0.15) is 6.92 Å². The Bertz CT molecular complexity index is 255. The first kappa shape index (κ1) is 7.59. The number of nitrogen functional groups attached to an aromatic ring is 1. The van der Waals surface area contributed by atoms with Crippen molar-refractivity contribution in [1.29, 1.82) is 0 Å². The highest BCUT2D eigenvalue weighted by molar-refractivity contribution is 5.75. The van der Waals surface area contributed by atoms with Crippen molar-refractivity contribution in [2.45, 2.75) is 6.92 Å². The van der Waals surface area contributed by atoms with Gasteiger partial charge in [-0.1, -0.05) is 0 Å². The molecular weight excluding hydrogens is 144 g/mol. The summed E-state index contributed by atoms with van der Waals surface area (Å²) in [6.07, 6.45) is 1.51. The molecular formula is C6H10N4O. The van der Waals surface area contributed by atoms with Gasteiger partial charge in [0, 0.05) is 18.8 Å². The molecule has 0 aliphatic carbocycles. The number of amides is 1. The molecule has 60 valence electrons. The molecule has 0 aliphatic heterocycles. The first-order chi connectivity index (χ1) is 5.24. The molecule has 1 aromatic heterocycles. The largest absolute Gasteiger partial charge is 0.382 e. The molecule has 3 N–H and O–H groups in total. The fourth-order valence-electron chi connectivity index (χ4n) is 0.683. The summed E-state index contributed by atoms with van der Waals surface area (Å²) in [5.41, 5.74) is 5.30. The Morgan fingerprint density at radius 1 is 1.91 bits per heavy atom. The third kappa shape index (κ3) is 1.70. The second kappa shape index (κ2) is 3.05. The maximum atomic E-state index is 11.0.